The van der Waals surface area contributed by atoms with Crippen LogP contribution in [0.4, 0.5) is 11.0 Å². The number of para-hydroxylation sites is 1. The maximum Gasteiger partial charge on any atom is 0.433 e. The number of halogens is 1. The van der Waals surface area contributed by atoms with Gasteiger partial charge in [0.25, 0.3) is 5.91 Å². The summed E-state index contributed by atoms with van der Waals surface area (Å²) in [6.45, 7) is 0. The third-order valence-electron chi connectivity index (χ3n) is 3.84. The highest BCUT2D eigenvalue weighted by atomic mass is 35.5. The highest BCUT2D eigenvalue weighted by molar-refractivity contribution is 7.22. The summed E-state index contributed by atoms with van der Waals surface area (Å²) >= 11 is 7.20. The molecule has 1 amide bonds. The van der Waals surface area contributed by atoms with E-state index >= 15 is 0 Å². The Balaban J connectivity index is 1.73. The van der Waals surface area contributed by atoms with Crippen molar-refractivity contribution in [1.29, 1.82) is 0 Å². The summed E-state index contributed by atoms with van der Waals surface area (Å²) in [7, 11) is 0. The number of hydrogen-bond acceptors (Lipinski definition) is 7. The first-order valence-electron chi connectivity index (χ1n) is 8.25. The number of fused-ring (bicyclic) bond motifs is 1. The lowest BCUT2D eigenvalue weighted by Gasteiger charge is -2.13. The van der Waals surface area contributed by atoms with Gasteiger partial charge >= 0.3 is 5.88 Å². The third-order valence-corrected chi connectivity index (χ3v) is 5.10. The van der Waals surface area contributed by atoms with Crippen LogP contribution in [0.1, 0.15) is 16.1 Å². The lowest BCUT2D eigenvalue weighted by atomic mass is 10.2. The maximum absolute atomic E-state index is 13.1. The molecule has 0 aliphatic carbocycles. The number of thiazole rings is 1. The molecule has 0 aliphatic heterocycles. The standard InChI is InChI=1S/C19H11ClN4O4S/c20-13-7-5-12(6-8-13)18(25)23(19-22-15-3-1-2-4-16(15)29-19)21-11-14-9-10-17(28-14)24(26)27/h1-11H. The molecule has 0 unspecified atom stereocenters. The largest absolute Gasteiger partial charge is 0.433 e. The number of nitro groups is 1. The van der Waals surface area contributed by atoms with Gasteiger partial charge in [-0.3, -0.25) is 14.9 Å². The van der Waals surface area contributed by atoms with Crippen molar-refractivity contribution in [3.63, 3.8) is 0 Å². The van der Waals surface area contributed by atoms with Crippen molar-refractivity contribution in [2.45, 2.75) is 0 Å². The molecule has 10 heteroatoms. The molecule has 0 radical (unpaired) electrons. The van der Waals surface area contributed by atoms with Gasteiger partial charge in [-0.25, -0.2) is 4.98 Å². The van der Waals surface area contributed by atoms with Crippen LogP contribution in [0, 0.1) is 10.1 Å². The number of furan rings is 1. The Kier molecular flexibility index (Phi) is 5.07. The van der Waals surface area contributed by atoms with E-state index in [-0.39, 0.29) is 5.76 Å². The zero-order valence-electron chi connectivity index (χ0n) is 14.6. The molecule has 0 N–H and O–H groups in total. The lowest BCUT2D eigenvalue weighted by molar-refractivity contribution is -0.402. The summed E-state index contributed by atoms with van der Waals surface area (Å²) in [5.41, 5.74) is 1.08. The van der Waals surface area contributed by atoms with E-state index in [1.807, 2.05) is 24.3 Å². The Hall–Kier alpha value is -3.56. The van der Waals surface area contributed by atoms with Crippen LogP contribution in [0.25, 0.3) is 10.2 Å². The average molecular weight is 427 g/mol. The quantitative estimate of drug-likeness (QED) is 0.250. The number of amides is 1. The summed E-state index contributed by atoms with van der Waals surface area (Å²) in [5, 5.41) is 16.9. The molecule has 29 heavy (non-hydrogen) atoms. The molecule has 0 bridgehead atoms. The third kappa shape index (κ3) is 4.00. The predicted molar refractivity (Wildman–Crippen MR) is 111 cm³/mol. The highest BCUT2D eigenvalue weighted by Gasteiger charge is 2.21. The highest BCUT2D eigenvalue weighted by Crippen LogP contribution is 2.30. The van der Waals surface area contributed by atoms with E-state index in [2.05, 4.69) is 10.1 Å². The second-order valence-corrected chi connectivity index (χ2v) is 7.21. The fourth-order valence-electron chi connectivity index (χ4n) is 2.48. The molecule has 2 aromatic heterocycles. The summed E-state index contributed by atoms with van der Waals surface area (Å²) in [6.07, 6.45) is 1.23. The fraction of sp³-hybridized carbons (Fsp3) is 0. The van der Waals surface area contributed by atoms with E-state index in [1.165, 1.54) is 29.7 Å². The van der Waals surface area contributed by atoms with Crippen LogP contribution in [-0.4, -0.2) is 22.0 Å². The normalized spacial score (nSPS) is 11.2. The Morgan fingerprint density at radius 1 is 1.17 bits per heavy atom. The number of benzene rings is 2. The van der Waals surface area contributed by atoms with E-state index < -0.39 is 16.7 Å². The smallest absolute Gasteiger partial charge is 0.400 e. The van der Waals surface area contributed by atoms with Crippen molar-refractivity contribution in [1.82, 2.24) is 4.98 Å². The molecule has 0 saturated heterocycles. The minimum atomic E-state index is -0.651. The summed E-state index contributed by atoms with van der Waals surface area (Å²) < 4.78 is 5.96. The summed E-state index contributed by atoms with van der Waals surface area (Å²) in [4.78, 5) is 27.7. The number of anilines is 1. The maximum atomic E-state index is 13.1. The monoisotopic (exact) mass is 426 g/mol. The van der Waals surface area contributed by atoms with Crippen LogP contribution in [0.3, 0.4) is 0 Å². The SMILES string of the molecule is O=C(c1ccc(Cl)cc1)N(N=Cc1ccc([N+](=O)[O-])o1)c1nc2ccccc2s1. The van der Waals surface area contributed by atoms with Gasteiger partial charge < -0.3 is 4.42 Å². The molecule has 2 aromatic carbocycles. The molecule has 4 aromatic rings. The molecular formula is C19H11ClN4O4S. The molecule has 8 nitrogen and oxygen atoms in total. The second-order valence-electron chi connectivity index (χ2n) is 5.77. The molecule has 0 aliphatic rings. The van der Waals surface area contributed by atoms with Gasteiger partial charge in [0.2, 0.25) is 5.13 Å². The van der Waals surface area contributed by atoms with Crippen molar-refractivity contribution >= 4 is 56.3 Å². The van der Waals surface area contributed by atoms with Gasteiger partial charge in [0.1, 0.15) is 4.92 Å². The van der Waals surface area contributed by atoms with Gasteiger partial charge in [-0.2, -0.15) is 10.1 Å². The Morgan fingerprint density at radius 2 is 1.93 bits per heavy atom. The molecule has 144 valence electrons. The van der Waals surface area contributed by atoms with Crippen LogP contribution in [-0.2, 0) is 0 Å². The first-order valence-corrected chi connectivity index (χ1v) is 9.44. The van der Waals surface area contributed by atoms with Crippen molar-refractivity contribution in [3.05, 3.63) is 87.1 Å². The van der Waals surface area contributed by atoms with Crippen LogP contribution in [0.15, 0.2) is 70.2 Å². The van der Waals surface area contributed by atoms with Gasteiger partial charge in [-0.05, 0) is 42.5 Å². The van der Waals surface area contributed by atoms with E-state index in [1.54, 1.807) is 24.3 Å². The van der Waals surface area contributed by atoms with Crippen LogP contribution >= 0.6 is 22.9 Å². The van der Waals surface area contributed by atoms with Crippen molar-refractivity contribution in [2.75, 3.05) is 5.01 Å². The molecular weight excluding hydrogens is 416 g/mol. The molecule has 0 spiro atoms. The van der Waals surface area contributed by atoms with E-state index in [0.717, 1.165) is 15.2 Å². The van der Waals surface area contributed by atoms with E-state index in [9.17, 15) is 14.9 Å². The van der Waals surface area contributed by atoms with Crippen molar-refractivity contribution in [3.8, 4) is 0 Å². The van der Waals surface area contributed by atoms with Crippen LogP contribution in [0.2, 0.25) is 5.02 Å². The number of nitrogens with zero attached hydrogens (tertiary/aromatic N) is 4. The molecule has 0 fully saturated rings. The summed E-state index contributed by atoms with van der Waals surface area (Å²) in [5.74, 6) is -0.716. The first kappa shape index (κ1) is 18.8. The average Bonchev–Trinajstić information content (AvgIpc) is 3.35. The molecule has 2 heterocycles. The number of rotatable bonds is 5. The zero-order chi connectivity index (χ0) is 20.4. The topological polar surface area (TPSA) is 102 Å². The fourth-order valence-corrected chi connectivity index (χ4v) is 3.53. The zero-order valence-corrected chi connectivity index (χ0v) is 16.1. The minimum absolute atomic E-state index is 0.131. The van der Waals surface area contributed by atoms with Crippen LogP contribution < -0.4 is 5.01 Å². The second kappa shape index (κ2) is 7.82. The molecule has 0 atom stereocenters. The van der Waals surface area contributed by atoms with E-state index in [4.69, 9.17) is 16.0 Å². The number of aromatic nitrogens is 1. The van der Waals surface area contributed by atoms with Gasteiger partial charge in [0, 0.05) is 10.6 Å². The Labute approximate surface area is 172 Å². The first-order chi connectivity index (χ1) is 14.0. The number of carbonyl (C=O) groups excluding carboxylic acids is 1. The summed E-state index contributed by atoms with van der Waals surface area (Å²) in [6, 6.07) is 16.4. The van der Waals surface area contributed by atoms with Crippen molar-refractivity contribution in [2.24, 2.45) is 5.10 Å². The van der Waals surface area contributed by atoms with Gasteiger partial charge in [0.05, 0.1) is 22.5 Å². The van der Waals surface area contributed by atoms with Crippen LogP contribution in [0.5, 0.6) is 0 Å². The molecule has 4 rings (SSSR count). The predicted octanol–water partition coefficient (Wildman–Crippen LogP) is 5.13. The number of hydrogen-bond donors (Lipinski definition) is 0. The van der Waals surface area contributed by atoms with Gasteiger partial charge in [0.15, 0.2) is 5.76 Å². The van der Waals surface area contributed by atoms with E-state index in [0.29, 0.717) is 15.7 Å². The molecule has 0 saturated carbocycles. The van der Waals surface area contributed by atoms with Gasteiger partial charge in [-0.1, -0.05) is 35.1 Å². The van der Waals surface area contributed by atoms with Crippen molar-refractivity contribution < 1.29 is 14.1 Å². The lowest BCUT2D eigenvalue weighted by Crippen LogP contribution is -2.25. The minimum Gasteiger partial charge on any atom is -0.400 e. The number of hydrazone groups is 1. The van der Waals surface area contributed by atoms with Gasteiger partial charge in [-0.15, -0.1) is 0 Å². The number of carbonyl (C=O) groups is 1. The Morgan fingerprint density at radius 3 is 2.62 bits per heavy atom. The Bertz CT molecular complexity index is 1200.